The molecule has 0 saturated heterocycles. The highest BCUT2D eigenvalue weighted by atomic mass is 35.5. The molecule has 0 aliphatic carbocycles. The van der Waals surface area contributed by atoms with Crippen molar-refractivity contribution in [3.63, 3.8) is 0 Å². The Kier molecular flexibility index (Phi) is 5.76. The molecule has 2 heterocycles. The second-order valence-electron chi connectivity index (χ2n) is 7.80. The topological polar surface area (TPSA) is 91.7 Å². The average Bonchev–Trinajstić information content (AvgIpc) is 3.02. The first-order valence-corrected chi connectivity index (χ1v) is 9.88. The number of ketones is 1. The summed E-state index contributed by atoms with van der Waals surface area (Å²) in [6.07, 6.45) is 1.57. The van der Waals surface area contributed by atoms with Crippen LogP contribution in [0.5, 0.6) is 0 Å². The molecular weight excluding hydrogens is 404 g/mol. The number of likely N-dealkylation sites (N-methyl/N-ethyl adjacent to an activating group) is 1. The number of aromatic nitrogens is 1. The lowest BCUT2D eigenvalue weighted by atomic mass is 9.89. The largest absolute Gasteiger partial charge is 0.309 e. The van der Waals surface area contributed by atoms with Gasteiger partial charge >= 0.3 is 0 Å². The van der Waals surface area contributed by atoms with E-state index in [4.69, 9.17) is 11.6 Å². The van der Waals surface area contributed by atoms with E-state index < -0.39 is 17.2 Å². The van der Waals surface area contributed by atoms with E-state index >= 15 is 0 Å². The van der Waals surface area contributed by atoms with Crippen LogP contribution in [0.2, 0.25) is 5.02 Å². The molecule has 2 aromatic rings. The Bertz CT molecular complexity index is 1080. The van der Waals surface area contributed by atoms with E-state index in [9.17, 15) is 14.4 Å². The van der Waals surface area contributed by atoms with Gasteiger partial charge < -0.3 is 10.2 Å². The van der Waals surface area contributed by atoms with Crippen LogP contribution in [0.4, 0.5) is 5.69 Å². The minimum absolute atomic E-state index is 0.0600. The van der Waals surface area contributed by atoms with Crippen molar-refractivity contribution >= 4 is 40.7 Å². The summed E-state index contributed by atoms with van der Waals surface area (Å²) in [5.74, 6) is -1.63. The zero-order valence-electron chi connectivity index (χ0n) is 17.5. The van der Waals surface area contributed by atoms with Crippen molar-refractivity contribution in [1.82, 2.24) is 10.3 Å². The quantitative estimate of drug-likeness (QED) is 0.587. The number of benzene rings is 1. The highest BCUT2D eigenvalue weighted by Crippen LogP contribution is 2.28. The Morgan fingerprint density at radius 2 is 1.93 bits per heavy atom. The lowest BCUT2D eigenvalue weighted by Crippen LogP contribution is -2.41. The highest BCUT2D eigenvalue weighted by Gasteiger charge is 2.43. The summed E-state index contributed by atoms with van der Waals surface area (Å²) in [6, 6.07) is 8.23. The number of anilines is 1. The molecular formula is C22H23ClN4O3. The molecule has 7 nitrogen and oxygen atoms in total. The molecule has 0 radical (unpaired) electrons. The molecule has 3 rings (SSSR count). The van der Waals surface area contributed by atoms with Crippen LogP contribution in [-0.2, 0) is 9.59 Å². The Morgan fingerprint density at radius 3 is 2.53 bits per heavy atom. The van der Waals surface area contributed by atoms with E-state index in [1.807, 2.05) is 13.8 Å². The third-order valence-electron chi connectivity index (χ3n) is 5.35. The number of nitrogens with zero attached hydrogens (tertiary/aromatic N) is 3. The fraction of sp³-hybridized carbons (Fsp3) is 0.318. The van der Waals surface area contributed by atoms with Crippen molar-refractivity contribution in [1.29, 1.82) is 0 Å². The molecule has 1 aliphatic heterocycles. The minimum Gasteiger partial charge on any atom is -0.309 e. The van der Waals surface area contributed by atoms with Crippen LogP contribution >= 0.6 is 11.6 Å². The second kappa shape index (κ2) is 7.99. The predicted molar refractivity (Wildman–Crippen MR) is 116 cm³/mol. The van der Waals surface area contributed by atoms with Gasteiger partial charge in [-0.15, -0.1) is 0 Å². The molecule has 0 bridgehead atoms. The van der Waals surface area contributed by atoms with Crippen LogP contribution in [0.25, 0.3) is 0 Å². The SMILES string of the molecule is Cc1cnc(C2=NC(C)(C(C)C)C(=O)N2)c(C(=O)C(=O)N(C)c2cccc(Cl)c2)c1. The number of aryl methyl sites for hydroxylation is 1. The summed E-state index contributed by atoms with van der Waals surface area (Å²) in [5, 5.41) is 3.17. The second-order valence-corrected chi connectivity index (χ2v) is 8.24. The number of carbonyl (C=O) groups excluding carboxylic acids is 3. The summed E-state index contributed by atoms with van der Waals surface area (Å²) in [6.45, 7) is 7.29. The number of Topliss-reactive ketones (excluding diaryl/α,β-unsaturated/α-hetero) is 1. The standard InChI is InChI=1S/C22H23ClN4O3/c1-12(2)22(4)21(30)25-19(26-22)17-16(9-13(3)11-24-17)18(28)20(29)27(5)15-8-6-7-14(23)10-15/h6-12H,1-5H3,(H,25,26,30). The van der Waals surface area contributed by atoms with Crippen LogP contribution in [0.15, 0.2) is 41.5 Å². The third-order valence-corrected chi connectivity index (χ3v) is 5.58. The van der Waals surface area contributed by atoms with Crippen molar-refractivity contribution in [2.24, 2.45) is 10.9 Å². The zero-order valence-corrected chi connectivity index (χ0v) is 18.2. The smallest absolute Gasteiger partial charge is 0.299 e. The molecule has 30 heavy (non-hydrogen) atoms. The summed E-state index contributed by atoms with van der Waals surface area (Å²) in [5.41, 5.74) is 0.486. The number of hydrogen-bond donors (Lipinski definition) is 1. The van der Waals surface area contributed by atoms with Gasteiger partial charge in [0, 0.05) is 24.0 Å². The van der Waals surface area contributed by atoms with Gasteiger partial charge in [0.25, 0.3) is 17.6 Å². The number of aliphatic imine (C=N–C) groups is 1. The number of rotatable bonds is 5. The third kappa shape index (κ3) is 3.85. The van der Waals surface area contributed by atoms with Crippen LogP contribution in [0.1, 0.15) is 42.4 Å². The van der Waals surface area contributed by atoms with Crippen molar-refractivity contribution in [3.8, 4) is 0 Å². The summed E-state index contributed by atoms with van der Waals surface area (Å²) < 4.78 is 0. The molecule has 1 unspecified atom stereocenters. The Balaban J connectivity index is 2.01. The van der Waals surface area contributed by atoms with Crippen LogP contribution in [-0.4, -0.2) is 41.0 Å². The van der Waals surface area contributed by atoms with Crippen LogP contribution in [0, 0.1) is 12.8 Å². The molecule has 1 atom stereocenters. The van der Waals surface area contributed by atoms with E-state index in [1.165, 1.54) is 11.9 Å². The van der Waals surface area contributed by atoms with Crippen LogP contribution < -0.4 is 10.2 Å². The molecule has 1 aromatic heterocycles. The maximum Gasteiger partial charge on any atom is 0.299 e. The van der Waals surface area contributed by atoms with Gasteiger partial charge in [-0.2, -0.15) is 0 Å². The van der Waals surface area contributed by atoms with E-state index in [0.717, 1.165) is 0 Å². The number of amidine groups is 1. The molecule has 156 valence electrons. The summed E-state index contributed by atoms with van der Waals surface area (Å²) >= 11 is 6.00. The lowest BCUT2D eigenvalue weighted by Gasteiger charge is -2.21. The first-order chi connectivity index (χ1) is 14.0. The van der Waals surface area contributed by atoms with Gasteiger partial charge in [0.2, 0.25) is 0 Å². The highest BCUT2D eigenvalue weighted by molar-refractivity contribution is 6.48. The van der Waals surface area contributed by atoms with Gasteiger partial charge in [0.1, 0.15) is 11.2 Å². The molecule has 0 spiro atoms. The Morgan fingerprint density at radius 1 is 1.23 bits per heavy atom. The first kappa shape index (κ1) is 21.6. The van der Waals surface area contributed by atoms with Crippen molar-refractivity contribution in [3.05, 3.63) is 58.4 Å². The molecule has 0 saturated carbocycles. The fourth-order valence-corrected chi connectivity index (χ4v) is 3.23. The van der Waals surface area contributed by atoms with E-state index in [0.29, 0.717) is 16.3 Å². The van der Waals surface area contributed by atoms with Gasteiger partial charge in [0.15, 0.2) is 5.84 Å². The number of nitrogens with one attached hydrogen (secondary N) is 1. The van der Waals surface area contributed by atoms with Gasteiger partial charge in [-0.1, -0.05) is 31.5 Å². The predicted octanol–water partition coefficient (Wildman–Crippen LogP) is 3.18. The average molecular weight is 427 g/mol. The molecule has 1 aromatic carbocycles. The Hall–Kier alpha value is -3.06. The number of amides is 2. The number of hydrogen-bond acceptors (Lipinski definition) is 5. The number of pyridine rings is 1. The minimum atomic E-state index is -0.968. The molecule has 8 heteroatoms. The van der Waals surface area contributed by atoms with Crippen molar-refractivity contribution < 1.29 is 14.4 Å². The van der Waals surface area contributed by atoms with Gasteiger partial charge in [-0.25, -0.2) is 4.99 Å². The summed E-state index contributed by atoms with van der Waals surface area (Å²) in [4.78, 5) is 48.6. The fourth-order valence-electron chi connectivity index (χ4n) is 3.05. The van der Waals surface area contributed by atoms with E-state index in [2.05, 4.69) is 15.3 Å². The van der Waals surface area contributed by atoms with Crippen molar-refractivity contribution in [2.75, 3.05) is 11.9 Å². The molecule has 1 aliphatic rings. The summed E-state index contributed by atoms with van der Waals surface area (Å²) in [7, 11) is 1.50. The molecule has 2 amide bonds. The van der Waals surface area contributed by atoms with Crippen molar-refractivity contribution in [2.45, 2.75) is 33.2 Å². The van der Waals surface area contributed by atoms with Crippen LogP contribution in [0.3, 0.4) is 0 Å². The number of halogens is 1. The van der Waals surface area contributed by atoms with Gasteiger partial charge in [-0.05, 0) is 49.6 Å². The first-order valence-electron chi connectivity index (χ1n) is 9.51. The Labute approximate surface area is 180 Å². The maximum atomic E-state index is 13.1. The van der Waals surface area contributed by atoms with E-state index in [-0.39, 0.29) is 28.9 Å². The molecule has 0 fully saturated rings. The molecule has 1 N–H and O–H groups in total. The lowest BCUT2D eigenvalue weighted by molar-refractivity contribution is -0.124. The number of carbonyl (C=O) groups is 3. The van der Waals surface area contributed by atoms with Gasteiger partial charge in [-0.3, -0.25) is 19.4 Å². The normalized spacial score (nSPS) is 18.2. The zero-order chi connectivity index (χ0) is 22.2. The monoisotopic (exact) mass is 426 g/mol. The van der Waals surface area contributed by atoms with Gasteiger partial charge in [0.05, 0.1) is 5.56 Å². The maximum absolute atomic E-state index is 13.1. The van der Waals surface area contributed by atoms with E-state index in [1.54, 1.807) is 50.4 Å².